The van der Waals surface area contributed by atoms with E-state index in [1.54, 1.807) is 0 Å². The Hall–Kier alpha value is -6.18. The summed E-state index contributed by atoms with van der Waals surface area (Å²) in [5.74, 6) is 0. The van der Waals surface area contributed by atoms with Crippen molar-refractivity contribution >= 4 is 27.8 Å². The molecule has 0 unspecified atom stereocenters. The largest absolute Gasteiger partial charge is 0.311 e. The zero-order valence-corrected chi connectivity index (χ0v) is 26.0. The van der Waals surface area contributed by atoms with Crippen molar-refractivity contribution in [1.82, 2.24) is 0 Å². The van der Waals surface area contributed by atoms with E-state index in [2.05, 4.69) is 205 Å². The summed E-state index contributed by atoms with van der Waals surface area (Å²) in [6.45, 7) is 0. The van der Waals surface area contributed by atoms with Gasteiger partial charge in [-0.15, -0.1) is 0 Å². The van der Waals surface area contributed by atoms with Crippen LogP contribution in [0.15, 0.2) is 200 Å². The zero-order valence-electron chi connectivity index (χ0n) is 26.0. The molecule has 0 atom stereocenters. The molecule has 222 valence electrons. The predicted molar refractivity (Wildman–Crippen MR) is 200 cm³/mol. The summed E-state index contributed by atoms with van der Waals surface area (Å²) in [6.07, 6.45) is 0. The molecule has 1 heteroatoms. The molecule has 8 rings (SSSR count). The van der Waals surface area contributed by atoms with E-state index in [-0.39, 0.29) is 0 Å². The lowest BCUT2D eigenvalue weighted by Gasteiger charge is -2.26. The second kappa shape index (κ2) is 12.7. The van der Waals surface area contributed by atoms with E-state index in [0.717, 1.165) is 17.1 Å². The van der Waals surface area contributed by atoms with E-state index >= 15 is 0 Å². The molecule has 0 radical (unpaired) electrons. The molecule has 0 N–H and O–H groups in total. The van der Waals surface area contributed by atoms with Gasteiger partial charge in [0.1, 0.15) is 0 Å². The average Bonchev–Trinajstić information content (AvgIpc) is 3.16. The Morgan fingerprint density at radius 2 is 0.489 bits per heavy atom. The fourth-order valence-corrected chi connectivity index (χ4v) is 6.35. The van der Waals surface area contributed by atoms with Crippen molar-refractivity contribution < 1.29 is 0 Å². The summed E-state index contributed by atoms with van der Waals surface area (Å²) >= 11 is 0. The van der Waals surface area contributed by atoms with Crippen LogP contribution in [0.1, 0.15) is 0 Å². The molecule has 0 aromatic heterocycles. The third kappa shape index (κ3) is 5.95. The van der Waals surface area contributed by atoms with Gasteiger partial charge in [-0.3, -0.25) is 0 Å². The molecule has 0 aliphatic rings. The molecule has 0 aliphatic carbocycles. The summed E-state index contributed by atoms with van der Waals surface area (Å²) in [5.41, 5.74) is 13.1. The molecule has 0 bridgehead atoms. The molecule has 8 aromatic carbocycles. The highest BCUT2D eigenvalue weighted by atomic mass is 15.1. The lowest BCUT2D eigenvalue weighted by molar-refractivity contribution is 1.28. The fraction of sp³-hybridized carbons (Fsp3) is 0. The highest BCUT2D eigenvalue weighted by molar-refractivity contribution is 5.91. The number of fused-ring (bicyclic) bond motifs is 1. The number of hydrogen-bond donors (Lipinski definition) is 0. The van der Waals surface area contributed by atoms with Crippen molar-refractivity contribution in [3.05, 3.63) is 200 Å². The van der Waals surface area contributed by atoms with Crippen molar-refractivity contribution in [3.63, 3.8) is 0 Å². The van der Waals surface area contributed by atoms with Crippen LogP contribution in [0, 0.1) is 0 Å². The number of nitrogens with zero attached hydrogens (tertiary/aromatic N) is 1. The molecular formula is C46H33N. The van der Waals surface area contributed by atoms with Crippen molar-refractivity contribution in [3.8, 4) is 44.5 Å². The Morgan fingerprint density at radius 3 is 0.851 bits per heavy atom. The normalized spacial score (nSPS) is 11.0. The van der Waals surface area contributed by atoms with Crippen molar-refractivity contribution in [2.75, 3.05) is 4.90 Å². The fourth-order valence-electron chi connectivity index (χ4n) is 6.35. The lowest BCUT2D eigenvalue weighted by atomic mass is 9.97. The van der Waals surface area contributed by atoms with Gasteiger partial charge in [0.15, 0.2) is 0 Å². The second-order valence-corrected chi connectivity index (χ2v) is 11.9. The summed E-state index contributed by atoms with van der Waals surface area (Å²) in [6, 6.07) is 71.8. The van der Waals surface area contributed by atoms with Gasteiger partial charge in [0, 0.05) is 17.1 Å². The van der Waals surface area contributed by atoms with Crippen LogP contribution in [0.5, 0.6) is 0 Å². The molecular weight excluding hydrogens is 567 g/mol. The van der Waals surface area contributed by atoms with Gasteiger partial charge in [-0.05, 0) is 104 Å². The Morgan fingerprint density at radius 1 is 0.213 bits per heavy atom. The first kappa shape index (κ1) is 28.3. The smallest absolute Gasteiger partial charge is 0.0462 e. The van der Waals surface area contributed by atoms with E-state index < -0.39 is 0 Å². The molecule has 1 nitrogen and oxygen atoms in total. The van der Waals surface area contributed by atoms with Crippen LogP contribution in [0.2, 0.25) is 0 Å². The van der Waals surface area contributed by atoms with Gasteiger partial charge in [0.2, 0.25) is 0 Å². The highest BCUT2D eigenvalue weighted by Gasteiger charge is 2.14. The highest BCUT2D eigenvalue weighted by Crippen LogP contribution is 2.38. The average molecular weight is 600 g/mol. The van der Waals surface area contributed by atoms with E-state index in [0.29, 0.717) is 0 Å². The third-order valence-corrected chi connectivity index (χ3v) is 8.87. The van der Waals surface area contributed by atoms with Crippen molar-refractivity contribution in [1.29, 1.82) is 0 Å². The van der Waals surface area contributed by atoms with Gasteiger partial charge in [-0.1, -0.05) is 152 Å². The second-order valence-electron chi connectivity index (χ2n) is 11.9. The van der Waals surface area contributed by atoms with E-state index in [9.17, 15) is 0 Å². The summed E-state index contributed by atoms with van der Waals surface area (Å²) in [7, 11) is 0. The molecule has 0 saturated carbocycles. The van der Waals surface area contributed by atoms with Gasteiger partial charge in [-0.2, -0.15) is 0 Å². The molecule has 0 heterocycles. The minimum atomic E-state index is 1.11. The van der Waals surface area contributed by atoms with Gasteiger partial charge in [0.25, 0.3) is 0 Å². The number of anilines is 3. The Kier molecular flexibility index (Phi) is 7.63. The minimum Gasteiger partial charge on any atom is -0.311 e. The van der Waals surface area contributed by atoms with E-state index in [4.69, 9.17) is 0 Å². The topological polar surface area (TPSA) is 3.24 Å². The summed E-state index contributed by atoms with van der Waals surface area (Å²) in [4.78, 5) is 2.33. The maximum atomic E-state index is 2.33. The first-order valence-electron chi connectivity index (χ1n) is 16.1. The maximum absolute atomic E-state index is 2.33. The minimum absolute atomic E-state index is 1.11. The van der Waals surface area contributed by atoms with Crippen LogP contribution in [0.3, 0.4) is 0 Å². The quantitative estimate of drug-likeness (QED) is 0.176. The number of hydrogen-bond acceptors (Lipinski definition) is 1. The van der Waals surface area contributed by atoms with Crippen LogP contribution in [0.4, 0.5) is 17.1 Å². The lowest BCUT2D eigenvalue weighted by Crippen LogP contribution is -2.09. The third-order valence-electron chi connectivity index (χ3n) is 8.87. The van der Waals surface area contributed by atoms with Gasteiger partial charge < -0.3 is 4.90 Å². The van der Waals surface area contributed by atoms with Gasteiger partial charge in [-0.25, -0.2) is 0 Å². The van der Waals surface area contributed by atoms with E-state index in [1.807, 2.05) is 0 Å². The molecule has 0 aliphatic heterocycles. The SMILES string of the molecule is c1ccc(-c2ccc(N(c3ccc(-c4ccccc4)cc3)c3ccc(-c4ccc5ccc(-c6ccccc6)cc5c4)cc3)cc2)cc1. The Balaban J connectivity index is 1.15. The van der Waals surface area contributed by atoms with Crippen molar-refractivity contribution in [2.45, 2.75) is 0 Å². The zero-order chi connectivity index (χ0) is 31.4. The van der Waals surface area contributed by atoms with Crippen LogP contribution >= 0.6 is 0 Å². The predicted octanol–water partition coefficient (Wildman–Crippen LogP) is 13.0. The molecule has 0 fully saturated rings. The summed E-state index contributed by atoms with van der Waals surface area (Å²) < 4.78 is 0. The number of benzene rings is 8. The van der Waals surface area contributed by atoms with Gasteiger partial charge in [0.05, 0.1) is 0 Å². The first-order chi connectivity index (χ1) is 23.3. The van der Waals surface area contributed by atoms with Gasteiger partial charge >= 0.3 is 0 Å². The van der Waals surface area contributed by atoms with E-state index in [1.165, 1.54) is 55.3 Å². The molecule has 0 amide bonds. The maximum Gasteiger partial charge on any atom is 0.0462 e. The Bertz CT molecular complexity index is 2150. The summed E-state index contributed by atoms with van der Waals surface area (Å²) in [5, 5.41) is 2.49. The molecule has 0 saturated heterocycles. The van der Waals surface area contributed by atoms with Crippen LogP contribution in [0.25, 0.3) is 55.3 Å². The van der Waals surface area contributed by atoms with Crippen LogP contribution in [-0.4, -0.2) is 0 Å². The number of rotatable bonds is 7. The Labute approximate surface area is 276 Å². The monoisotopic (exact) mass is 599 g/mol. The van der Waals surface area contributed by atoms with Crippen LogP contribution < -0.4 is 4.90 Å². The van der Waals surface area contributed by atoms with Crippen LogP contribution in [-0.2, 0) is 0 Å². The molecule has 8 aromatic rings. The first-order valence-corrected chi connectivity index (χ1v) is 16.1. The standard InChI is InChI=1S/C46H33N/c1-4-10-34(11-5-1)37-20-26-44(27-21-37)47(45-28-22-38(23-29-45)35-12-6-2-7-13-35)46-30-24-39(25-31-46)42-19-17-40-16-18-41(32-43(40)33-42)36-14-8-3-9-15-36/h1-33H. The molecule has 0 spiro atoms. The van der Waals surface area contributed by atoms with Crippen molar-refractivity contribution in [2.24, 2.45) is 0 Å². The molecule has 47 heavy (non-hydrogen) atoms.